The van der Waals surface area contributed by atoms with E-state index in [4.69, 9.17) is 14.9 Å². The number of amides is 1. The number of nitrogens with one attached hydrogen (secondary N) is 2. The molecule has 0 aromatic carbocycles. The summed E-state index contributed by atoms with van der Waals surface area (Å²) < 4.78 is 11.4. The largest absolute Gasteiger partial charge is 0.478 e. The molecule has 0 fully saturated rings. The lowest BCUT2D eigenvalue weighted by atomic mass is 10.2. The van der Waals surface area contributed by atoms with Crippen LogP contribution in [0.3, 0.4) is 0 Å². The van der Waals surface area contributed by atoms with Gasteiger partial charge in [0, 0.05) is 26.4 Å². The van der Waals surface area contributed by atoms with Crippen molar-refractivity contribution in [3.63, 3.8) is 0 Å². The Bertz CT molecular complexity index is 403. The lowest BCUT2D eigenvalue weighted by molar-refractivity contribution is 0.0287. The molecule has 6 nitrogen and oxygen atoms in total. The lowest BCUT2D eigenvalue weighted by Gasteiger charge is -2.24. The maximum atomic E-state index is 11.7. The van der Waals surface area contributed by atoms with E-state index in [1.807, 2.05) is 20.8 Å². The van der Waals surface area contributed by atoms with E-state index in [1.165, 1.54) is 4.90 Å². The summed E-state index contributed by atoms with van der Waals surface area (Å²) in [7, 11) is 3.42. The molecule has 0 spiro atoms. The van der Waals surface area contributed by atoms with Gasteiger partial charge in [-0.05, 0) is 50.0 Å². The molecule has 0 saturated heterocycles. The Hall–Kier alpha value is -1.24. The third-order valence-corrected chi connectivity index (χ3v) is 3.30. The van der Waals surface area contributed by atoms with Gasteiger partial charge in [0.2, 0.25) is 5.88 Å². The quantitative estimate of drug-likeness (QED) is 0.414. The number of halogens is 1. The van der Waals surface area contributed by atoms with E-state index < -0.39 is 5.60 Å². The number of rotatable bonds is 7. The number of allylic oxidation sites excluding steroid dienone is 1. The Morgan fingerprint density at radius 1 is 1.38 bits per heavy atom. The van der Waals surface area contributed by atoms with Crippen molar-refractivity contribution in [1.82, 2.24) is 10.2 Å². The molecule has 0 rings (SSSR count). The summed E-state index contributed by atoms with van der Waals surface area (Å²) in [5.74, 6) is 0.516. The SMILES string of the molecule is CN/C(OCCCN(C)C(=O)OC(C)(C)C)=C(/Br)C(C)=N. The summed E-state index contributed by atoms with van der Waals surface area (Å²) in [5, 5.41) is 10.4. The summed E-state index contributed by atoms with van der Waals surface area (Å²) >= 11 is 3.29. The number of carbonyl (C=O) groups excluding carboxylic acids is 1. The fourth-order valence-electron chi connectivity index (χ4n) is 1.32. The fourth-order valence-corrected chi connectivity index (χ4v) is 1.64. The predicted octanol–water partition coefficient (Wildman–Crippen LogP) is 3.08. The van der Waals surface area contributed by atoms with Gasteiger partial charge in [-0.2, -0.15) is 0 Å². The van der Waals surface area contributed by atoms with Crippen LogP contribution in [0, 0.1) is 5.41 Å². The van der Waals surface area contributed by atoms with Crippen molar-refractivity contribution in [2.24, 2.45) is 0 Å². The van der Waals surface area contributed by atoms with Crippen LogP contribution >= 0.6 is 15.9 Å². The first-order valence-corrected chi connectivity index (χ1v) is 7.57. The summed E-state index contributed by atoms with van der Waals surface area (Å²) in [6, 6.07) is 0. The van der Waals surface area contributed by atoms with E-state index in [2.05, 4.69) is 21.2 Å². The molecule has 1 amide bonds. The minimum absolute atomic E-state index is 0.344. The van der Waals surface area contributed by atoms with E-state index in [-0.39, 0.29) is 6.09 Å². The van der Waals surface area contributed by atoms with Crippen molar-refractivity contribution in [3.05, 3.63) is 10.4 Å². The molecule has 0 bridgehead atoms. The molecular weight excluding hydrogens is 338 g/mol. The normalized spacial score (nSPS) is 12.3. The summed E-state index contributed by atoms with van der Waals surface area (Å²) in [4.78, 5) is 13.3. The molecule has 0 aromatic rings. The van der Waals surface area contributed by atoms with Gasteiger partial charge in [0.15, 0.2) is 0 Å². The zero-order valence-electron chi connectivity index (χ0n) is 13.7. The molecular formula is C14H26BrN3O3. The van der Waals surface area contributed by atoms with Crippen molar-refractivity contribution in [2.45, 2.75) is 39.7 Å². The second kappa shape index (κ2) is 8.92. The van der Waals surface area contributed by atoms with Crippen LogP contribution in [0.5, 0.6) is 0 Å². The molecule has 21 heavy (non-hydrogen) atoms. The van der Waals surface area contributed by atoms with Crippen molar-refractivity contribution >= 4 is 27.7 Å². The Balaban J connectivity index is 4.18. The van der Waals surface area contributed by atoms with Gasteiger partial charge >= 0.3 is 6.09 Å². The zero-order chi connectivity index (χ0) is 16.6. The molecule has 0 aliphatic heterocycles. The zero-order valence-corrected chi connectivity index (χ0v) is 15.3. The second-order valence-electron chi connectivity index (χ2n) is 5.62. The van der Waals surface area contributed by atoms with Gasteiger partial charge in [0.05, 0.1) is 11.1 Å². The topological polar surface area (TPSA) is 74.7 Å². The number of nitrogens with zero attached hydrogens (tertiary/aromatic N) is 1. The van der Waals surface area contributed by atoms with Gasteiger partial charge in [0.1, 0.15) is 5.60 Å². The average molecular weight is 364 g/mol. The molecule has 2 N–H and O–H groups in total. The van der Waals surface area contributed by atoms with Crippen LogP contribution in [0.25, 0.3) is 0 Å². The van der Waals surface area contributed by atoms with Gasteiger partial charge in [-0.3, -0.25) is 0 Å². The smallest absolute Gasteiger partial charge is 0.410 e. The van der Waals surface area contributed by atoms with E-state index in [1.54, 1.807) is 21.0 Å². The molecule has 0 aliphatic rings. The third-order valence-electron chi connectivity index (χ3n) is 2.35. The standard InChI is InChI=1S/C14H26BrN3O3/c1-10(16)11(15)12(17-5)20-9-7-8-18(6)13(19)21-14(2,3)4/h16-17H,7-9H2,1-6H3/b12-11-,16-10?. The first-order valence-electron chi connectivity index (χ1n) is 6.78. The molecule has 0 radical (unpaired) electrons. The van der Waals surface area contributed by atoms with Crippen molar-refractivity contribution in [3.8, 4) is 0 Å². The van der Waals surface area contributed by atoms with Crippen LogP contribution in [0.1, 0.15) is 34.1 Å². The van der Waals surface area contributed by atoms with E-state index in [0.29, 0.717) is 35.6 Å². The van der Waals surface area contributed by atoms with Gasteiger partial charge in [-0.25, -0.2) is 4.79 Å². The first-order chi connectivity index (χ1) is 9.58. The number of hydrogen-bond donors (Lipinski definition) is 2. The van der Waals surface area contributed by atoms with Crippen LogP contribution in [-0.4, -0.2) is 49.6 Å². The highest BCUT2D eigenvalue weighted by molar-refractivity contribution is 9.12. The number of hydrogen-bond acceptors (Lipinski definition) is 5. The Morgan fingerprint density at radius 3 is 2.38 bits per heavy atom. The van der Waals surface area contributed by atoms with Crippen LogP contribution in [0.2, 0.25) is 0 Å². The van der Waals surface area contributed by atoms with Crippen LogP contribution in [0.4, 0.5) is 4.79 Å². The molecule has 0 aliphatic carbocycles. The van der Waals surface area contributed by atoms with Crippen LogP contribution in [-0.2, 0) is 9.47 Å². The molecule has 0 saturated carbocycles. The fraction of sp³-hybridized carbons (Fsp3) is 0.714. The minimum Gasteiger partial charge on any atom is -0.478 e. The Kier molecular flexibility index (Phi) is 8.39. The Morgan fingerprint density at radius 2 is 1.95 bits per heavy atom. The molecule has 0 heterocycles. The first kappa shape index (κ1) is 19.8. The van der Waals surface area contributed by atoms with Gasteiger partial charge in [0.25, 0.3) is 0 Å². The van der Waals surface area contributed by atoms with Crippen molar-refractivity contribution in [2.75, 3.05) is 27.2 Å². The minimum atomic E-state index is -0.490. The van der Waals surface area contributed by atoms with Gasteiger partial charge in [-0.1, -0.05) is 0 Å². The maximum Gasteiger partial charge on any atom is 0.410 e. The van der Waals surface area contributed by atoms with Crippen molar-refractivity contribution in [1.29, 1.82) is 5.41 Å². The summed E-state index contributed by atoms with van der Waals surface area (Å²) in [6.45, 7) is 8.15. The summed E-state index contributed by atoms with van der Waals surface area (Å²) in [6.07, 6.45) is 0.321. The highest BCUT2D eigenvalue weighted by Crippen LogP contribution is 2.13. The highest BCUT2D eigenvalue weighted by atomic mass is 79.9. The number of carbonyl (C=O) groups is 1. The molecule has 7 heteroatoms. The van der Waals surface area contributed by atoms with Crippen LogP contribution in [0.15, 0.2) is 10.4 Å². The predicted molar refractivity (Wildman–Crippen MR) is 87.8 cm³/mol. The molecule has 122 valence electrons. The maximum absolute atomic E-state index is 11.7. The summed E-state index contributed by atoms with van der Waals surface area (Å²) in [5.41, 5.74) is -0.110. The lowest BCUT2D eigenvalue weighted by Crippen LogP contribution is -2.35. The third kappa shape index (κ3) is 8.60. The van der Waals surface area contributed by atoms with Gasteiger partial charge in [-0.15, -0.1) is 0 Å². The Labute approximate surface area is 135 Å². The molecule has 0 aromatic heterocycles. The number of ether oxygens (including phenoxy) is 2. The van der Waals surface area contributed by atoms with E-state index in [9.17, 15) is 4.79 Å². The monoisotopic (exact) mass is 363 g/mol. The van der Waals surface area contributed by atoms with Gasteiger partial charge < -0.3 is 25.1 Å². The van der Waals surface area contributed by atoms with E-state index >= 15 is 0 Å². The average Bonchev–Trinajstić information content (AvgIpc) is 2.35. The molecule has 0 atom stereocenters. The van der Waals surface area contributed by atoms with Crippen LogP contribution < -0.4 is 5.32 Å². The highest BCUT2D eigenvalue weighted by Gasteiger charge is 2.19. The van der Waals surface area contributed by atoms with E-state index in [0.717, 1.165) is 0 Å². The van der Waals surface area contributed by atoms with Crippen molar-refractivity contribution < 1.29 is 14.3 Å². The second-order valence-corrected chi connectivity index (χ2v) is 6.42. The molecule has 0 unspecified atom stereocenters.